The minimum Gasteiger partial charge on any atom is -0.335 e. The molecule has 0 N–H and O–H groups in total. The molecule has 0 radical (unpaired) electrons. The minimum atomic E-state index is -0.442. The van der Waals surface area contributed by atoms with Crippen LogP contribution in [0.3, 0.4) is 0 Å². The predicted octanol–water partition coefficient (Wildman–Crippen LogP) is 2.92. The maximum absolute atomic E-state index is 13.2. The molecule has 3 aromatic rings. The molecule has 0 spiro atoms. The lowest BCUT2D eigenvalue weighted by molar-refractivity contribution is -0.113. The van der Waals surface area contributed by atoms with E-state index in [4.69, 9.17) is 0 Å². The van der Waals surface area contributed by atoms with Gasteiger partial charge in [-0.3, -0.25) is 14.4 Å². The first-order chi connectivity index (χ1) is 14.6. The van der Waals surface area contributed by atoms with Crippen LogP contribution < -0.4 is 0 Å². The summed E-state index contributed by atoms with van der Waals surface area (Å²) in [5.41, 5.74) is 3.05. The molecule has 1 unspecified atom stereocenters. The third-order valence-electron chi connectivity index (χ3n) is 5.50. The lowest BCUT2D eigenvalue weighted by Crippen LogP contribution is -2.50. The Balaban J connectivity index is 1.43. The average molecular weight is 406 g/mol. The lowest BCUT2D eigenvalue weighted by Gasteiger charge is -2.37. The number of rotatable bonds is 5. The maximum Gasteiger partial charge on any atom is 0.274 e. The van der Waals surface area contributed by atoms with Gasteiger partial charge in [-0.1, -0.05) is 42.5 Å². The lowest BCUT2D eigenvalue weighted by atomic mass is 10.1. The number of amides is 1. The van der Waals surface area contributed by atoms with E-state index >= 15 is 0 Å². The van der Waals surface area contributed by atoms with E-state index in [0.717, 1.165) is 23.1 Å². The molecule has 1 saturated heterocycles. The summed E-state index contributed by atoms with van der Waals surface area (Å²) in [5.74, 6) is -0.444. The average Bonchev–Trinajstić information content (AvgIpc) is 3.18. The fourth-order valence-corrected chi connectivity index (χ4v) is 3.85. The minimum absolute atomic E-state index is 0.114. The number of hydrogen-bond acceptors (Lipinski definition) is 4. The SMILES string of the molecule is Cn1nc(C(=O)N2CCN(C(C=O)c3ccc(F)cc3)CC2)cc1-c1ccccc1. The monoisotopic (exact) mass is 406 g/mol. The molecule has 1 amide bonds. The van der Waals surface area contributed by atoms with Crippen molar-refractivity contribution in [1.29, 1.82) is 0 Å². The number of nitrogens with zero attached hydrogens (tertiary/aromatic N) is 4. The Labute approximate surface area is 174 Å². The molecule has 7 heteroatoms. The summed E-state index contributed by atoms with van der Waals surface area (Å²) in [5, 5.41) is 4.41. The van der Waals surface area contributed by atoms with Gasteiger partial charge in [0.1, 0.15) is 12.1 Å². The highest BCUT2D eigenvalue weighted by molar-refractivity contribution is 5.93. The van der Waals surface area contributed by atoms with Crippen molar-refractivity contribution in [3.05, 3.63) is 77.7 Å². The summed E-state index contributed by atoms with van der Waals surface area (Å²) in [4.78, 5) is 28.4. The van der Waals surface area contributed by atoms with Crippen molar-refractivity contribution < 1.29 is 14.0 Å². The van der Waals surface area contributed by atoms with Gasteiger partial charge in [-0.15, -0.1) is 0 Å². The zero-order valence-electron chi connectivity index (χ0n) is 16.7. The number of aryl methyl sites for hydroxylation is 1. The molecule has 4 rings (SSSR count). The van der Waals surface area contributed by atoms with E-state index in [1.807, 2.05) is 48.3 Å². The second-order valence-electron chi connectivity index (χ2n) is 7.37. The molecule has 2 heterocycles. The molecule has 1 fully saturated rings. The van der Waals surface area contributed by atoms with E-state index in [1.54, 1.807) is 21.7 Å². The molecule has 1 aliphatic rings. The largest absolute Gasteiger partial charge is 0.335 e. The van der Waals surface area contributed by atoms with Crippen LogP contribution in [0.5, 0.6) is 0 Å². The van der Waals surface area contributed by atoms with Gasteiger partial charge in [-0.25, -0.2) is 4.39 Å². The molecular weight excluding hydrogens is 383 g/mol. The quantitative estimate of drug-likeness (QED) is 0.612. The Hall–Kier alpha value is -3.32. The molecule has 154 valence electrons. The summed E-state index contributed by atoms with van der Waals surface area (Å²) in [6.07, 6.45) is 0.871. The molecular formula is C23H23FN4O2. The third-order valence-corrected chi connectivity index (χ3v) is 5.50. The number of aromatic nitrogens is 2. The molecule has 30 heavy (non-hydrogen) atoms. The van der Waals surface area contributed by atoms with Crippen LogP contribution in [0.1, 0.15) is 22.1 Å². The van der Waals surface area contributed by atoms with Crippen LogP contribution in [0.2, 0.25) is 0 Å². The van der Waals surface area contributed by atoms with Crippen LogP contribution >= 0.6 is 0 Å². The Kier molecular flexibility index (Phi) is 5.72. The summed E-state index contributed by atoms with van der Waals surface area (Å²) < 4.78 is 14.9. The zero-order chi connectivity index (χ0) is 21.1. The summed E-state index contributed by atoms with van der Waals surface area (Å²) in [6, 6.07) is 17.2. The Bertz CT molecular complexity index is 1030. The number of hydrogen-bond donors (Lipinski definition) is 0. The molecule has 1 aliphatic heterocycles. The van der Waals surface area contributed by atoms with Crippen LogP contribution in [-0.4, -0.2) is 58.0 Å². The first kappa shape index (κ1) is 20.0. The van der Waals surface area contributed by atoms with E-state index in [0.29, 0.717) is 31.9 Å². The van der Waals surface area contributed by atoms with Gasteiger partial charge >= 0.3 is 0 Å². The van der Waals surface area contributed by atoms with Gasteiger partial charge in [0.2, 0.25) is 0 Å². The molecule has 0 aliphatic carbocycles. The molecule has 6 nitrogen and oxygen atoms in total. The van der Waals surface area contributed by atoms with Gasteiger partial charge in [-0.05, 0) is 29.3 Å². The van der Waals surface area contributed by atoms with Crippen LogP contribution in [0.15, 0.2) is 60.7 Å². The van der Waals surface area contributed by atoms with E-state index in [-0.39, 0.29) is 11.7 Å². The van der Waals surface area contributed by atoms with E-state index < -0.39 is 6.04 Å². The summed E-state index contributed by atoms with van der Waals surface area (Å²) in [6.45, 7) is 2.12. The third kappa shape index (κ3) is 4.02. The van der Waals surface area contributed by atoms with Gasteiger partial charge in [0.15, 0.2) is 5.69 Å². The summed E-state index contributed by atoms with van der Waals surface area (Å²) >= 11 is 0. The van der Waals surface area contributed by atoms with Crippen molar-refractivity contribution in [3.8, 4) is 11.3 Å². The van der Waals surface area contributed by atoms with Crippen molar-refractivity contribution >= 4 is 12.2 Å². The highest BCUT2D eigenvalue weighted by Crippen LogP contribution is 2.23. The van der Waals surface area contributed by atoms with Gasteiger partial charge in [0, 0.05) is 33.2 Å². The second kappa shape index (κ2) is 8.59. The van der Waals surface area contributed by atoms with Crippen molar-refractivity contribution in [3.63, 3.8) is 0 Å². The molecule has 1 aromatic heterocycles. The standard InChI is InChI=1S/C23H23FN4O2/c1-26-21(17-5-3-2-4-6-17)15-20(25-26)23(30)28-13-11-27(12-14-28)22(16-29)18-7-9-19(24)10-8-18/h2-10,15-16,22H,11-14H2,1H3. The fraction of sp³-hybridized carbons (Fsp3) is 0.261. The first-order valence-corrected chi connectivity index (χ1v) is 9.90. The maximum atomic E-state index is 13.2. The molecule has 1 atom stereocenters. The number of halogens is 1. The molecule has 0 bridgehead atoms. The number of carbonyl (C=O) groups excluding carboxylic acids is 2. The Morgan fingerprint density at radius 1 is 1.03 bits per heavy atom. The number of carbonyl (C=O) groups is 2. The zero-order valence-corrected chi connectivity index (χ0v) is 16.7. The first-order valence-electron chi connectivity index (χ1n) is 9.90. The van der Waals surface area contributed by atoms with E-state index in [1.165, 1.54) is 12.1 Å². The van der Waals surface area contributed by atoms with E-state index in [9.17, 15) is 14.0 Å². The highest BCUT2D eigenvalue weighted by Gasteiger charge is 2.28. The van der Waals surface area contributed by atoms with E-state index in [2.05, 4.69) is 5.10 Å². The van der Waals surface area contributed by atoms with Crippen molar-refractivity contribution in [2.24, 2.45) is 7.05 Å². The Morgan fingerprint density at radius 3 is 2.33 bits per heavy atom. The van der Waals surface area contributed by atoms with Gasteiger partial charge in [0.05, 0.1) is 11.7 Å². The second-order valence-corrected chi connectivity index (χ2v) is 7.37. The Morgan fingerprint density at radius 2 is 1.70 bits per heavy atom. The van der Waals surface area contributed by atoms with Crippen LogP contribution in [-0.2, 0) is 11.8 Å². The topological polar surface area (TPSA) is 58.4 Å². The predicted molar refractivity (Wildman–Crippen MR) is 111 cm³/mol. The normalized spacial score (nSPS) is 15.7. The smallest absolute Gasteiger partial charge is 0.274 e. The number of aldehydes is 1. The van der Waals surface area contributed by atoms with Gasteiger partial charge in [0.25, 0.3) is 5.91 Å². The molecule has 2 aromatic carbocycles. The highest BCUT2D eigenvalue weighted by atomic mass is 19.1. The number of benzene rings is 2. The molecule has 0 saturated carbocycles. The van der Waals surface area contributed by atoms with Gasteiger partial charge in [-0.2, -0.15) is 5.10 Å². The van der Waals surface area contributed by atoms with Crippen LogP contribution in [0.4, 0.5) is 4.39 Å². The van der Waals surface area contributed by atoms with Crippen molar-refractivity contribution in [1.82, 2.24) is 19.6 Å². The van der Waals surface area contributed by atoms with Crippen molar-refractivity contribution in [2.75, 3.05) is 26.2 Å². The summed E-state index contributed by atoms with van der Waals surface area (Å²) in [7, 11) is 1.83. The fourth-order valence-electron chi connectivity index (χ4n) is 3.85. The van der Waals surface area contributed by atoms with Crippen molar-refractivity contribution in [2.45, 2.75) is 6.04 Å². The van der Waals surface area contributed by atoms with Crippen LogP contribution in [0.25, 0.3) is 11.3 Å². The number of piperazine rings is 1. The van der Waals surface area contributed by atoms with Crippen LogP contribution in [0, 0.1) is 5.82 Å². The van der Waals surface area contributed by atoms with Gasteiger partial charge < -0.3 is 9.69 Å².